The minimum Gasteiger partial charge on any atom is -0.406 e. The van der Waals surface area contributed by atoms with Crippen molar-refractivity contribution in [3.8, 4) is 17.1 Å². The van der Waals surface area contributed by atoms with E-state index in [1.165, 1.54) is 18.2 Å². The van der Waals surface area contributed by atoms with Gasteiger partial charge in [-0.2, -0.15) is 4.98 Å². The number of nitrogens with zero attached hydrogens (tertiary/aromatic N) is 3. The highest BCUT2D eigenvalue weighted by Gasteiger charge is 2.32. The molecule has 4 rings (SSSR count). The van der Waals surface area contributed by atoms with E-state index in [0.717, 1.165) is 5.56 Å². The molecule has 0 spiro atoms. The van der Waals surface area contributed by atoms with Gasteiger partial charge in [-0.15, -0.1) is 13.2 Å². The first-order valence-electron chi connectivity index (χ1n) is 9.56. The number of aryl methyl sites for hydroxylation is 2. The van der Waals surface area contributed by atoms with E-state index in [-0.39, 0.29) is 24.5 Å². The summed E-state index contributed by atoms with van der Waals surface area (Å²) in [5.41, 5.74) is 1.98. The monoisotopic (exact) mass is 451 g/mol. The Bertz CT molecular complexity index is 1080. The van der Waals surface area contributed by atoms with Crippen LogP contribution in [0.1, 0.15) is 24.3 Å². The minimum absolute atomic E-state index is 0.127. The van der Waals surface area contributed by atoms with Gasteiger partial charge in [-0.1, -0.05) is 16.8 Å². The van der Waals surface area contributed by atoms with Crippen LogP contribution in [-0.4, -0.2) is 29.0 Å². The van der Waals surface area contributed by atoms with E-state index in [9.17, 15) is 18.0 Å². The molecular formula is C21H17ClF3N3O3. The third-order valence-corrected chi connectivity index (χ3v) is 5.08. The number of rotatable bonds is 5. The Morgan fingerprint density at radius 1 is 1.19 bits per heavy atom. The Morgan fingerprint density at radius 2 is 1.97 bits per heavy atom. The molecular weight excluding hydrogens is 435 g/mol. The maximum Gasteiger partial charge on any atom is 0.573 e. The summed E-state index contributed by atoms with van der Waals surface area (Å²) >= 11 is 5.87. The third kappa shape index (κ3) is 5.16. The number of fused-ring (bicyclic) bond motifs is 1. The molecule has 1 amide bonds. The largest absolute Gasteiger partial charge is 0.573 e. The summed E-state index contributed by atoms with van der Waals surface area (Å²) in [5, 5.41) is 4.52. The van der Waals surface area contributed by atoms with Crippen molar-refractivity contribution in [1.29, 1.82) is 0 Å². The predicted molar refractivity (Wildman–Crippen MR) is 107 cm³/mol. The molecule has 1 aliphatic heterocycles. The highest BCUT2D eigenvalue weighted by Crippen LogP contribution is 2.33. The lowest BCUT2D eigenvalue weighted by atomic mass is 10.0. The van der Waals surface area contributed by atoms with Crippen LogP contribution in [0.4, 0.5) is 18.9 Å². The Labute approximate surface area is 180 Å². The topological polar surface area (TPSA) is 68.5 Å². The van der Waals surface area contributed by atoms with E-state index >= 15 is 0 Å². The molecule has 0 saturated carbocycles. The molecule has 162 valence electrons. The van der Waals surface area contributed by atoms with Crippen LogP contribution < -0.4 is 9.64 Å². The molecule has 1 aromatic heterocycles. The normalized spacial score (nSPS) is 13.7. The fraction of sp³-hybridized carbons (Fsp3) is 0.286. The third-order valence-electron chi connectivity index (χ3n) is 4.83. The summed E-state index contributed by atoms with van der Waals surface area (Å²) in [6.07, 6.45) is -3.16. The summed E-state index contributed by atoms with van der Waals surface area (Å²) in [7, 11) is 0. The van der Waals surface area contributed by atoms with Gasteiger partial charge in [0.15, 0.2) is 0 Å². The van der Waals surface area contributed by atoms with E-state index in [1.54, 1.807) is 29.2 Å². The maximum atomic E-state index is 12.8. The lowest BCUT2D eigenvalue weighted by Crippen LogP contribution is -2.35. The number of halogens is 4. The van der Waals surface area contributed by atoms with E-state index in [4.69, 9.17) is 16.1 Å². The molecule has 10 heteroatoms. The molecule has 0 radical (unpaired) electrons. The maximum absolute atomic E-state index is 12.8. The molecule has 31 heavy (non-hydrogen) atoms. The number of hydrogen-bond acceptors (Lipinski definition) is 5. The van der Waals surface area contributed by atoms with Crippen LogP contribution in [0.3, 0.4) is 0 Å². The Morgan fingerprint density at radius 3 is 2.71 bits per heavy atom. The van der Waals surface area contributed by atoms with Gasteiger partial charge in [-0.05, 0) is 60.9 Å². The number of anilines is 1. The molecule has 6 nitrogen and oxygen atoms in total. The van der Waals surface area contributed by atoms with Crippen molar-refractivity contribution in [3.63, 3.8) is 0 Å². The predicted octanol–water partition coefficient (Wildman–Crippen LogP) is 5.20. The molecule has 3 aromatic rings. The Hall–Kier alpha value is -3.07. The van der Waals surface area contributed by atoms with Gasteiger partial charge < -0.3 is 14.2 Å². The Kier molecular flexibility index (Phi) is 5.86. The van der Waals surface area contributed by atoms with Crippen molar-refractivity contribution in [2.75, 3.05) is 11.4 Å². The van der Waals surface area contributed by atoms with Gasteiger partial charge in [0.25, 0.3) is 0 Å². The van der Waals surface area contributed by atoms with E-state index in [2.05, 4.69) is 14.9 Å². The van der Waals surface area contributed by atoms with Crippen molar-refractivity contribution in [2.24, 2.45) is 0 Å². The van der Waals surface area contributed by atoms with Crippen molar-refractivity contribution < 1.29 is 27.2 Å². The lowest BCUT2D eigenvalue weighted by molar-refractivity contribution is -0.274. The van der Waals surface area contributed by atoms with Crippen molar-refractivity contribution in [3.05, 3.63) is 58.9 Å². The number of hydrogen-bond donors (Lipinski definition) is 0. The summed E-state index contributed by atoms with van der Waals surface area (Å²) in [6, 6.07) is 11.0. The first-order chi connectivity index (χ1) is 14.8. The number of aromatic nitrogens is 2. The van der Waals surface area contributed by atoms with Gasteiger partial charge in [0.1, 0.15) is 5.75 Å². The molecule has 0 fully saturated rings. The van der Waals surface area contributed by atoms with Crippen LogP contribution in [0.5, 0.6) is 5.75 Å². The SMILES string of the molecule is O=C(CCc1nc(-c2ccc(Cl)cc2)no1)N1CCCc2cc(OC(F)(F)F)ccc21. The number of alkyl halides is 3. The van der Waals surface area contributed by atoms with Crippen LogP contribution in [0.15, 0.2) is 47.0 Å². The first kappa shape index (κ1) is 21.2. The number of benzene rings is 2. The summed E-state index contributed by atoms with van der Waals surface area (Å²) in [5.74, 6) is 0.266. The number of amides is 1. The molecule has 0 saturated heterocycles. The second-order valence-electron chi connectivity index (χ2n) is 7.01. The van der Waals surface area contributed by atoms with Crippen molar-refractivity contribution >= 4 is 23.2 Å². The van der Waals surface area contributed by atoms with Crippen LogP contribution in [0.25, 0.3) is 11.4 Å². The highest BCUT2D eigenvalue weighted by atomic mass is 35.5. The second kappa shape index (κ2) is 8.58. The molecule has 0 unspecified atom stereocenters. The molecule has 2 heterocycles. The number of ether oxygens (including phenoxy) is 1. The average Bonchev–Trinajstić information content (AvgIpc) is 3.20. The van der Waals surface area contributed by atoms with Gasteiger partial charge in [0, 0.05) is 35.7 Å². The van der Waals surface area contributed by atoms with E-state index in [0.29, 0.717) is 47.4 Å². The molecule has 0 aliphatic carbocycles. The summed E-state index contributed by atoms with van der Waals surface area (Å²) < 4.78 is 46.6. The smallest absolute Gasteiger partial charge is 0.406 e. The quantitative estimate of drug-likeness (QED) is 0.533. The summed E-state index contributed by atoms with van der Waals surface area (Å²) in [6.45, 7) is 0.491. The van der Waals surface area contributed by atoms with Gasteiger partial charge >= 0.3 is 6.36 Å². The fourth-order valence-electron chi connectivity index (χ4n) is 3.45. The molecule has 1 aliphatic rings. The zero-order valence-corrected chi connectivity index (χ0v) is 16.9. The van der Waals surface area contributed by atoms with Crippen LogP contribution >= 0.6 is 11.6 Å². The van der Waals surface area contributed by atoms with E-state index < -0.39 is 6.36 Å². The van der Waals surface area contributed by atoms with Gasteiger partial charge in [0.2, 0.25) is 17.6 Å². The highest BCUT2D eigenvalue weighted by molar-refractivity contribution is 6.30. The van der Waals surface area contributed by atoms with Crippen LogP contribution in [-0.2, 0) is 17.6 Å². The van der Waals surface area contributed by atoms with Gasteiger partial charge in [0.05, 0.1) is 0 Å². The van der Waals surface area contributed by atoms with Crippen molar-refractivity contribution in [1.82, 2.24) is 10.1 Å². The van der Waals surface area contributed by atoms with Gasteiger partial charge in [-0.3, -0.25) is 4.79 Å². The standard InChI is InChI=1S/C21H17ClF3N3O3/c22-15-5-3-13(4-6-15)20-26-18(31-27-20)9-10-19(29)28-11-1-2-14-12-16(7-8-17(14)28)30-21(23,24)25/h3-8,12H,1-2,9-11H2. The van der Waals surface area contributed by atoms with Crippen LogP contribution in [0, 0.1) is 0 Å². The number of carbonyl (C=O) groups excluding carboxylic acids is 1. The average molecular weight is 452 g/mol. The molecule has 2 aromatic carbocycles. The zero-order valence-electron chi connectivity index (χ0n) is 16.2. The fourth-order valence-corrected chi connectivity index (χ4v) is 3.58. The zero-order chi connectivity index (χ0) is 22.0. The second-order valence-corrected chi connectivity index (χ2v) is 7.44. The number of carbonyl (C=O) groups is 1. The Balaban J connectivity index is 1.41. The van der Waals surface area contributed by atoms with Crippen molar-refractivity contribution in [2.45, 2.75) is 32.0 Å². The molecule has 0 bridgehead atoms. The summed E-state index contributed by atoms with van der Waals surface area (Å²) in [4.78, 5) is 18.7. The first-order valence-corrected chi connectivity index (χ1v) is 9.94. The molecule has 0 atom stereocenters. The van der Waals surface area contributed by atoms with Gasteiger partial charge in [-0.25, -0.2) is 0 Å². The van der Waals surface area contributed by atoms with Crippen LogP contribution in [0.2, 0.25) is 5.02 Å². The molecule has 0 N–H and O–H groups in total. The minimum atomic E-state index is -4.76. The van der Waals surface area contributed by atoms with E-state index in [1.807, 2.05) is 0 Å². The lowest BCUT2D eigenvalue weighted by Gasteiger charge is -2.30.